The van der Waals surface area contributed by atoms with Crippen LogP contribution in [0.25, 0.3) is 0 Å². The molecule has 19 heavy (non-hydrogen) atoms. The summed E-state index contributed by atoms with van der Waals surface area (Å²) in [4.78, 5) is 16.1. The highest BCUT2D eigenvalue weighted by molar-refractivity contribution is 9.10. The summed E-state index contributed by atoms with van der Waals surface area (Å²) >= 11 is 3.38. The summed E-state index contributed by atoms with van der Waals surface area (Å²) in [5, 5.41) is 2.79. The number of halogens is 1. The van der Waals surface area contributed by atoms with Crippen LogP contribution in [0.4, 0.5) is 5.69 Å². The highest BCUT2D eigenvalue weighted by Gasteiger charge is 2.08. The van der Waals surface area contributed by atoms with E-state index in [0.29, 0.717) is 17.1 Å². The summed E-state index contributed by atoms with van der Waals surface area (Å²) in [6, 6.07) is 9.00. The number of amides is 1. The lowest BCUT2D eigenvalue weighted by molar-refractivity contribution is 0.102. The van der Waals surface area contributed by atoms with Gasteiger partial charge in [0.25, 0.3) is 5.91 Å². The largest absolute Gasteiger partial charge is 0.481 e. The Kier molecular flexibility index (Phi) is 4.16. The van der Waals surface area contributed by atoms with Crippen LogP contribution in [0.15, 0.2) is 41.0 Å². The maximum absolute atomic E-state index is 12.1. The first-order valence-corrected chi connectivity index (χ1v) is 6.46. The van der Waals surface area contributed by atoms with E-state index in [1.165, 1.54) is 0 Å². The van der Waals surface area contributed by atoms with Crippen LogP contribution in [-0.4, -0.2) is 18.0 Å². The molecule has 0 bridgehead atoms. The van der Waals surface area contributed by atoms with Gasteiger partial charge in [0.2, 0.25) is 5.88 Å². The van der Waals surface area contributed by atoms with Gasteiger partial charge in [0.1, 0.15) is 0 Å². The van der Waals surface area contributed by atoms with Crippen molar-refractivity contribution >= 4 is 27.5 Å². The predicted octanol–water partition coefficient (Wildman–Crippen LogP) is 3.41. The van der Waals surface area contributed by atoms with Crippen LogP contribution in [-0.2, 0) is 0 Å². The van der Waals surface area contributed by atoms with Crippen molar-refractivity contribution < 1.29 is 9.53 Å². The molecular formula is C14H13BrN2O2. The summed E-state index contributed by atoms with van der Waals surface area (Å²) in [6.07, 6.45) is 1.56. The first-order chi connectivity index (χ1) is 9.08. The van der Waals surface area contributed by atoms with E-state index >= 15 is 0 Å². The second-order valence-corrected chi connectivity index (χ2v) is 4.98. The maximum atomic E-state index is 12.1. The number of anilines is 1. The molecule has 0 unspecified atom stereocenters. The molecule has 1 aromatic carbocycles. The number of hydrogen-bond acceptors (Lipinski definition) is 3. The van der Waals surface area contributed by atoms with Gasteiger partial charge in [-0.2, -0.15) is 0 Å². The van der Waals surface area contributed by atoms with Crippen LogP contribution in [0.1, 0.15) is 15.9 Å². The fraction of sp³-hybridized carbons (Fsp3) is 0.143. The Labute approximate surface area is 119 Å². The lowest BCUT2D eigenvalue weighted by Crippen LogP contribution is -2.12. The zero-order chi connectivity index (χ0) is 13.8. The molecule has 0 atom stereocenters. The minimum atomic E-state index is -0.170. The highest BCUT2D eigenvalue weighted by atomic mass is 79.9. The molecule has 0 aliphatic carbocycles. The van der Waals surface area contributed by atoms with Gasteiger partial charge in [0.05, 0.1) is 19.0 Å². The van der Waals surface area contributed by atoms with Crippen molar-refractivity contribution in [3.05, 3.63) is 52.1 Å². The number of aryl methyl sites for hydroxylation is 1. The molecule has 1 aromatic heterocycles. The number of aromatic nitrogens is 1. The number of benzene rings is 1. The van der Waals surface area contributed by atoms with Gasteiger partial charge in [0, 0.05) is 16.1 Å². The SMILES string of the molecule is COc1ccc(NC(=O)c2cc(C)cc(Br)c2)cn1. The first-order valence-electron chi connectivity index (χ1n) is 5.67. The van der Waals surface area contributed by atoms with Gasteiger partial charge in [-0.25, -0.2) is 4.98 Å². The Morgan fingerprint density at radius 1 is 1.32 bits per heavy atom. The molecule has 0 radical (unpaired) electrons. The van der Waals surface area contributed by atoms with Gasteiger partial charge in [-0.3, -0.25) is 4.79 Å². The lowest BCUT2D eigenvalue weighted by Gasteiger charge is -2.07. The quantitative estimate of drug-likeness (QED) is 0.942. The number of nitrogens with zero attached hydrogens (tertiary/aromatic N) is 1. The van der Waals surface area contributed by atoms with Crippen LogP contribution >= 0.6 is 15.9 Å². The molecule has 2 aromatic rings. The van der Waals surface area contributed by atoms with Crippen molar-refractivity contribution in [1.82, 2.24) is 4.98 Å². The summed E-state index contributed by atoms with van der Waals surface area (Å²) in [5.74, 6) is 0.340. The minimum absolute atomic E-state index is 0.170. The molecule has 2 rings (SSSR count). The number of pyridine rings is 1. The van der Waals surface area contributed by atoms with E-state index in [9.17, 15) is 4.79 Å². The Morgan fingerprint density at radius 2 is 2.11 bits per heavy atom. The molecule has 0 saturated heterocycles. The van der Waals surface area contributed by atoms with E-state index in [1.807, 2.05) is 19.1 Å². The molecule has 4 nitrogen and oxygen atoms in total. The van der Waals surface area contributed by atoms with Crippen molar-refractivity contribution in [2.75, 3.05) is 12.4 Å². The molecular weight excluding hydrogens is 308 g/mol. The second kappa shape index (κ2) is 5.84. The van der Waals surface area contributed by atoms with Crippen LogP contribution in [0.3, 0.4) is 0 Å². The minimum Gasteiger partial charge on any atom is -0.481 e. The van der Waals surface area contributed by atoms with Gasteiger partial charge in [-0.1, -0.05) is 15.9 Å². The summed E-state index contributed by atoms with van der Waals surface area (Å²) in [6.45, 7) is 1.94. The van der Waals surface area contributed by atoms with Gasteiger partial charge < -0.3 is 10.1 Å². The van der Waals surface area contributed by atoms with Crippen LogP contribution < -0.4 is 10.1 Å². The van der Waals surface area contributed by atoms with E-state index in [0.717, 1.165) is 10.0 Å². The van der Waals surface area contributed by atoms with E-state index < -0.39 is 0 Å². The fourth-order valence-corrected chi connectivity index (χ4v) is 2.25. The van der Waals surface area contributed by atoms with Gasteiger partial charge >= 0.3 is 0 Å². The molecule has 0 fully saturated rings. The monoisotopic (exact) mass is 320 g/mol. The Morgan fingerprint density at radius 3 is 2.68 bits per heavy atom. The van der Waals surface area contributed by atoms with Crippen molar-refractivity contribution in [3.63, 3.8) is 0 Å². The third kappa shape index (κ3) is 3.54. The number of methoxy groups -OCH3 is 1. The normalized spacial score (nSPS) is 10.1. The summed E-state index contributed by atoms with van der Waals surface area (Å²) in [7, 11) is 1.55. The predicted molar refractivity (Wildman–Crippen MR) is 77.6 cm³/mol. The molecule has 1 N–H and O–H groups in total. The Balaban J connectivity index is 2.15. The molecule has 98 valence electrons. The molecule has 0 aliphatic heterocycles. The van der Waals surface area contributed by atoms with Crippen LogP contribution in [0.5, 0.6) is 5.88 Å². The number of rotatable bonds is 3. The Bertz CT molecular complexity index is 577. The maximum Gasteiger partial charge on any atom is 0.255 e. The molecule has 0 spiro atoms. The fourth-order valence-electron chi connectivity index (χ4n) is 1.65. The summed E-state index contributed by atoms with van der Waals surface area (Å²) in [5.41, 5.74) is 2.25. The number of hydrogen-bond donors (Lipinski definition) is 1. The standard InChI is InChI=1S/C14H13BrN2O2/c1-9-5-10(7-11(15)6-9)14(18)17-12-3-4-13(19-2)16-8-12/h3-8H,1-2H3,(H,17,18). The summed E-state index contributed by atoms with van der Waals surface area (Å²) < 4.78 is 5.84. The van der Waals surface area contributed by atoms with Crippen molar-refractivity contribution in [3.8, 4) is 5.88 Å². The van der Waals surface area contributed by atoms with Crippen molar-refractivity contribution in [2.24, 2.45) is 0 Å². The van der Waals surface area contributed by atoms with E-state index in [-0.39, 0.29) is 5.91 Å². The zero-order valence-corrected chi connectivity index (χ0v) is 12.2. The third-order valence-electron chi connectivity index (χ3n) is 2.51. The van der Waals surface area contributed by atoms with E-state index in [4.69, 9.17) is 4.74 Å². The van der Waals surface area contributed by atoms with E-state index in [1.54, 1.807) is 31.5 Å². The van der Waals surface area contributed by atoms with E-state index in [2.05, 4.69) is 26.2 Å². The average Bonchev–Trinajstić information content (AvgIpc) is 2.38. The number of carbonyl (C=O) groups excluding carboxylic acids is 1. The molecule has 1 amide bonds. The highest BCUT2D eigenvalue weighted by Crippen LogP contribution is 2.17. The molecule has 0 aliphatic rings. The topological polar surface area (TPSA) is 51.2 Å². The van der Waals surface area contributed by atoms with Crippen molar-refractivity contribution in [1.29, 1.82) is 0 Å². The Hall–Kier alpha value is -1.88. The van der Waals surface area contributed by atoms with Gasteiger partial charge in [-0.05, 0) is 36.8 Å². The molecule has 0 saturated carbocycles. The third-order valence-corrected chi connectivity index (χ3v) is 2.97. The smallest absolute Gasteiger partial charge is 0.255 e. The molecule has 5 heteroatoms. The number of ether oxygens (including phenoxy) is 1. The zero-order valence-electron chi connectivity index (χ0n) is 10.6. The van der Waals surface area contributed by atoms with Crippen molar-refractivity contribution in [2.45, 2.75) is 6.92 Å². The lowest BCUT2D eigenvalue weighted by atomic mass is 10.1. The molecule has 1 heterocycles. The number of carbonyl (C=O) groups is 1. The average molecular weight is 321 g/mol. The van der Waals surface area contributed by atoms with Crippen LogP contribution in [0.2, 0.25) is 0 Å². The van der Waals surface area contributed by atoms with Gasteiger partial charge in [0.15, 0.2) is 0 Å². The second-order valence-electron chi connectivity index (χ2n) is 4.06. The first kappa shape index (κ1) is 13.5. The van der Waals surface area contributed by atoms with Gasteiger partial charge in [-0.15, -0.1) is 0 Å². The number of nitrogens with one attached hydrogen (secondary N) is 1. The van der Waals surface area contributed by atoms with Crippen LogP contribution in [0, 0.1) is 6.92 Å².